The topological polar surface area (TPSA) is 106 Å². The highest BCUT2D eigenvalue weighted by atomic mass is 79.9. The van der Waals surface area contributed by atoms with Crippen molar-refractivity contribution in [1.29, 1.82) is 0 Å². The number of urea groups is 1. The van der Waals surface area contributed by atoms with Gasteiger partial charge < -0.3 is 30.0 Å². The summed E-state index contributed by atoms with van der Waals surface area (Å²) in [7, 11) is 4.23. The third-order valence-electron chi connectivity index (χ3n) is 4.50. The fraction of sp³-hybridized carbons (Fsp3) is 0.200. The molecule has 1 heterocycles. The molecule has 0 saturated carbocycles. The Hall–Kier alpha value is -3.20. The number of rotatable bonds is 5. The molecule has 3 N–H and O–H groups in total. The molecule has 2 aromatic rings. The van der Waals surface area contributed by atoms with E-state index in [2.05, 4.69) is 26.6 Å². The third-order valence-corrected chi connectivity index (χ3v) is 5.33. The van der Waals surface area contributed by atoms with E-state index in [1.165, 1.54) is 14.2 Å². The van der Waals surface area contributed by atoms with Gasteiger partial charge in [0.05, 0.1) is 43.1 Å². The monoisotopic (exact) mass is 462 g/mol. The molecular weight excluding hydrogens is 444 g/mol. The van der Waals surface area contributed by atoms with Crippen LogP contribution in [0.15, 0.2) is 46.4 Å². The number of ether oxygens (including phenoxy) is 3. The van der Waals surface area contributed by atoms with Crippen molar-refractivity contribution in [3.8, 4) is 17.2 Å². The summed E-state index contributed by atoms with van der Waals surface area (Å²) < 4.78 is 15.5. The smallest absolute Gasteiger partial charge is 0.338 e. The minimum absolute atomic E-state index is 0.145. The Morgan fingerprint density at radius 1 is 1.07 bits per heavy atom. The Morgan fingerprint density at radius 2 is 1.76 bits per heavy atom. The normalized spacial score (nSPS) is 16.0. The third kappa shape index (κ3) is 3.86. The Bertz CT molecular complexity index is 987. The number of benzene rings is 2. The molecule has 2 amide bonds. The van der Waals surface area contributed by atoms with Gasteiger partial charge in [0.1, 0.15) is 5.75 Å². The Labute approximate surface area is 175 Å². The Morgan fingerprint density at radius 3 is 2.34 bits per heavy atom. The van der Waals surface area contributed by atoms with Crippen molar-refractivity contribution in [2.45, 2.75) is 6.04 Å². The van der Waals surface area contributed by atoms with Crippen LogP contribution in [0, 0.1) is 0 Å². The number of phenols is 1. The first kappa shape index (κ1) is 20.5. The fourth-order valence-corrected chi connectivity index (χ4v) is 3.62. The van der Waals surface area contributed by atoms with Gasteiger partial charge in [0.2, 0.25) is 0 Å². The highest BCUT2D eigenvalue weighted by molar-refractivity contribution is 9.10. The van der Waals surface area contributed by atoms with Crippen LogP contribution in [-0.4, -0.2) is 38.4 Å². The maximum atomic E-state index is 12.7. The number of carbonyl (C=O) groups excluding carboxylic acids is 2. The number of hydrogen-bond acceptors (Lipinski definition) is 6. The van der Waals surface area contributed by atoms with Crippen LogP contribution in [0.5, 0.6) is 17.2 Å². The number of hydrogen-bond donors (Lipinski definition) is 3. The molecular formula is C20H19BrN2O6. The zero-order valence-electron chi connectivity index (χ0n) is 15.9. The van der Waals surface area contributed by atoms with Gasteiger partial charge >= 0.3 is 12.0 Å². The van der Waals surface area contributed by atoms with Crippen LogP contribution in [0.2, 0.25) is 0 Å². The zero-order chi connectivity index (χ0) is 21.1. The predicted octanol–water partition coefficient (Wildman–Crippen LogP) is 3.11. The van der Waals surface area contributed by atoms with Gasteiger partial charge in [-0.2, -0.15) is 0 Å². The molecule has 9 heteroatoms. The molecule has 0 saturated heterocycles. The van der Waals surface area contributed by atoms with Crippen LogP contribution in [0.25, 0.3) is 5.70 Å². The lowest BCUT2D eigenvalue weighted by atomic mass is 9.92. The van der Waals surface area contributed by atoms with Crippen LogP contribution in [-0.2, 0) is 9.53 Å². The lowest BCUT2D eigenvalue weighted by Crippen LogP contribution is -2.45. The Balaban J connectivity index is 2.21. The zero-order valence-corrected chi connectivity index (χ0v) is 17.5. The molecule has 0 aliphatic carbocycles. The van der Waals surface area contributed by atoms with Crippen LogP contribution in [0.3, 0.4) is 0 Å². The number of nitrogens with one attached hydrogen (secondary N) is 2. The molecule has 1 unspecified atom stereocenters. The lowest BCUT2D eigenvalue weighted by molar-refractivity contribution is -0.136. The maximum Gasteiger partial charge on any atom is 0.338 e. The molecule has 29 heavy (non-hydrogen) atoms. The summed E-state index contributed by atoms with van der Waals surface area (Å²) in [6.45, 7) is 0. The van der Waals surface area contributed by atoms with Crippen LogP contribution in [0.1, 0.15) is 17.2 Å². The number of esters is 1. The second-order valence-corrected chi connectivity index (χ2v) is 6.85. The van der Waals surface area contributed by atoms with E-state index in [1.807, 2.05) is 0 Å². The number of amides is 2. The first-order chi connectivity index (χ1) is 13.9. The SMILES string of the molecule is COC(=O)C1=C(c2ccc(OC)cc2)NC(=O)NC1c1ccc(OC)c(O)c1Br. The summed E-state index contributed by atoms with van der Waals surface area (Å²) in [6, 6.07) is 8.69. The molecule has 1 atom stereocenters. The molecule has 152 valence electrons. The van der Waals surface area contributed by atoms with E-state index in [0.717, 1.165) is 0 Å². The summed E-state index contributed by atoms with van der Waals surface area (Å²) in [5, 5.41) is 15.7. The molecule has 1 aliphatic rings. The number of aromatic hydroxyl groups is 1. The van der Waals surface area contributed by atoms with Gasteiger partial charge in [-0.25, -0.2) is 9.59 Å². The summed E-state index contributed by atoms with van der Waals surface area (Å²) in [5.41, 5.74) is 1.54. The molecule has 8 nitrogen and oxygen atoms in total. The quantitative estimate of drug-likeness (QED) is 0.589. The van der Waals surface area contributed by atoms with Crippen LogP contribution >= 0.6 is 15.9 Å². The fourth-order valence-electron chi connectivity index (χ4n) is 3.06. The second-order valence-electron chi connectivity index (χ2n) is 6.06. The van der Waals surface area contributed by atoms with Gasteiger partial charge in [-0.15, -0.1) is 0 Å². The van der Waals surface area contributed by atoms with Gasteiger partial charge in [-0.3, -0.25) is 0 Å². The standard InChI is InChI=1S/C20H19BrN2O6/c1-27-11-6-4-10(5-7-11)16-14(19(25)29-3)17(23-20(26)22-16)12-8-9-13(28-2)18(24)15(12)21/h4-9,17,24H,1-3H3,(H2,22,23,26). The van der Waals surface area contributed by atoms with Gasteiger partial charge in [0.15, 0.2) is 11.5 Å². The average Bonchev–Trinajstić information content (AvgIpc) is 2.74. The van der Waals surface area contributed by atoms with E-state index in [4.69, 9.17) is 14.2 Å². The van der Waals surface area contributed by atoms with E-state index in [-0.39, 0.29) is 17.1 Å². The highest BCUT2D eigenvalue weighted by Gasteiger charge is 2.36. The first-order valence-electron chi connectivity index (χ1n) is 8.51. The summed E-state index contributed by atoms with van der Waals surface area (Å²) >= 11 is 3.33. The molecule has 2 aromatic carbocycles. The molecule has 0 bridgehead atoms. The number of carbonyl (C=O) groups is 2. The molecule has 0 fully saturated rings. The van der Waals surface area contributed by atoms with Crippen molar-refractivity contribution in [3.05, 3.63) is 57.6 Å². The molecule has 0 radical (unpaired) electrons. The van der Waals surface area contributed by atoms with Crippen molar-refractivity contribution in [2.24, 2.45) is 0 Å². The van der Waals surface area contributed by atoms with Crippen molar-refractivity contribution in [2.75, 3.05) is 21.3 Å². The van der Waals surface area contributed by atoms with Crippen molar-refractivity contribution in [1.82, 2.24) is 10.6 Å². The number of phenolic OH excluding ortho intramolecular Hbond substituents is 1. The van der Waals surface area contributed by atoms with E-state index in [1.54, 1.807) is 43.5 Å². The predicted molar refractivity (Wildman–Crippen MR) is 109 cm³/mol. The van der Waals surface area contributed by atoms with E-state index >= 15 is 0 Å². The van der Waals surface area contributed by atoms with E-state index < -0.39 is 18.0 Å². The average molecular weight is 463 g/mol. The van der Waals surface area contributed by atoms with Gasteiger partial charge in [-0.1, -0.05) is 6.07 Å². The van der Waals surface area contributed by atoms with Crippen molar-refractivity contribution >= 4 is 33.6 Å². The maximum absolute atomic E-state index is 12.7. The van der Waals surface area contributed by atoms with Crippen LogP contribution in [0.4, 0.5) is 4.79 Å². The first-order valence-corrected chi connectivity index (χ1v) is 9.30. The Kier molecular flexibility index (Phi) is 5.97. The second kappa shape index (κ2) is 8.44. The minimum Gasteiger partial charge on any atom is -0.503 e. The number of halogens is 1. The van der Waals surface area contributed by atoms with E-state index in [0.29, 0.717) is 27.0 Å². The van der Waals surface area contributed by atoms with Gasteiger partial charge in [0, 0.05) is 0 Å². The highest BCUT2D eigenvalue weighted by Crippen LogP contribution is 2.42. The summed E-state index contributed by atoms with van der Waals surface area (Å²) in [6.07, 6.45) is 0. The van der Waals surface area contributed by atoms with E-state index in [9.17, 15) is 14.7 Å². The van der Waals surface area contributed by atoms with Gasteiger partial charge in [-0.05, 0) is 57.4 Å². The summed E-state index contributed by atoms with van der Waals surface area (Å²) in [4.78, 5) is 25.1. The number of methoxy groups -OCH3 is 3. The minimum atomic E-state index is -0.875. The summed E-state index contributed by atoms with van der Waals surface area (Å²) in [5.74, 6) is 0.108. The molecule has 0 spiro atoms. The lowest BCUT2D eigenvalue weighted by Gasteiger charge is -2.30. The largest absolute Gasteiger partial charge is 0.503 e. The molecule has 1 aliphatic heterocycles. The van der Waals surface area contributed by atoms with Crippen LogP contribution < -0.4 is 20.1 Å². The molecule has 3 rings (SSSR count). The van der Waals surface area contributed by atoms with Crippen molar-refractivity contribution in [3.63, 3.8) is 0 Å². The van der Waals surface area contributed by atoms with Crippen molar-refractivity contribution < 1.29 is 28.9 Å². The van der Waals surface area contributed by atoms with Gasteiger partial charge in [0.25, 0.3) is 0 Å². The molecule has 0 aromatic heterocycles.